The molecule has 0 aliphatic rings. The highest BCUT2D eigenvalue weighted by Gasteiger charge is 2.10. The zero-order valence-electron chi connectivity index (χ0n) is 9.55. The topological polar surface area (TPSA) is 38.0 Å². The van der Waals surface area contributed by atoms with Gasteiger partial charge in [0.1, 0.15) is 0 Å². The number of thiophene rings is 1. The van der Waals surface area contributed by atoms with E-state index in [1.807, 2.05) is 30.1 Å². The average Bonchev–Trinajstić information content (AvgIpc) is 2.78. The van der Waals surface area contributed by atoms with Crippen molar-refractivity contribution >= 4 is 11.3 Å². The molecule has 4 heteroatoms. The Hall–Kier alpha value is -1.13. The van der Waals surface area contributed by atoms with Crippen LogP contribution in [0.1, 0.15) is 17.0 Å². The normalized spacial score (nSPS) is 12.9. The number of aryl methyl sites for hydroxylation is 2. The maximum absolute atomic E-state index is 9.97. The van der Waals surface area contributed by atoms with Gasteiger partial charge in [0.15, 0.2) is 0 Å². The molecule has 1 N–H and O–H groups in total. The SMILES string of the molecule is Cc1cc(CC(O)Cc2ccsc2)n(C)n1. The number of aliphatic hydroxyl groups excluding tert-OH is 1. The summed E-state index contributed by atoms with van der Waals surface area (Å²) in [5, 5.41) is 18.4. The lowest BCUT2D eigenvalue weighted by Gasteiger charge is -2.09. The number of aliphatic hydroxyl groups is 1. The Kier molecular flexibility index (Phi) is 3.41. The molecular formula is C12H16N2OS. The zero-order chi connectivity index (χ0) is 11.5. The van der Waals surface area contributed by atoms with E-state index in [2.05, 4.69) is 16.5 Å². The minimum atomic E-state index is -0.329. The Morgan fingerprint density at radius 2 is 2.31 bits per heavy atom. The predicted octanol–water partition coefficient (Wildman–Crippen LogP) is 1.94. The van der Waals surface area contributed by atoms with Crippen molar-refractivity contribution in [3.05, 3.63) is 39.8 Å². The molecule has 2 rings (SSSR count). The summed E-state index contributed by atoms with van der Waals surface area (Å²) >= 11 is 1.67. The summed E-state index contributed by atoms with van der Waals surface area (Å²) in [6.45, 7) is 1.97. The molecule has 0 bridgehead atoms. The standard InChI is InChI=1S/C12H16N2OS/c1-9-5-11(14(2)13-9)7-12(15)6-10-3-4-16-8-10/h3-5,8,12,15H,6-7H2,1-2H3. The minimum Gasteiger partial charge on any atom is -0.392 e. The van der Waals surface area contributed by atoms with Crippen molar-refractivity contribution in [2.45, 2.75) is 25.9 Å². The number of rotatable bonds is 4. The van der Waals surface area contributed by atoms with Crippen LogP contribution in [0.2, 0.25) is 0 Å². The van der Waals surface area contributed by atoms with Crippen LogP contribution >= 0.6 is 11.3 Å². The summed E-state index contributed by atoms with van der Waals surface area (Å²) < 4.78 is 1.84. The van der Waals surface area contributed by atoms with Crippen molar-refractivity contribution in [1.82, 2.24) is 9.78 Å². The van der Waals surface area contributed by atoms with E-state index in [1.54, 1.807) is 11.3 Å². The van der Waals surface area contributed by atoms with Crippen LogP contribution in [0.25, 0.3) is 0 Å². The second-order valence-electron chi connectivity index (χ2n) is 4.09. The summed E-state index contributed by atoms with van der Waals surface area (Å²) in [5.74, 6) is 0. The molecule has 0 spiro atoms. The monoisotopic (exact) mass is 236 g/mol. The van der Waals surface area contributed by atoms with Gasteiger partial charge >= 0.3 is 0 Å². The fourth-order valence-electron chi connectivity index (χ4n) is 1.85. The highest BCUT2D eigenvalue weighted by atomic mass is 32.1. The van der Waals surface area contributed by atoms with Crippen molar-refractivity contribution in [3.8, 4) is 0 Å². The zero-order valence-corrected chi connectivity index (χ0v) is 10.4. The summed E-state index contributed by atoms with van der Waals surface area (Å²) in [4.78, 5) is 0. The number of aromatic nitrogens is 2. The van der Waals surface area contributed by atoms with Gasteiger partial charge in [-0.15, -0.1) is 0 Å². The van der Waals surface area contributed by atoms with Gasteiger partial charge in [-0.05, 0) is 41.8 Å². The Balaban J connectivity index is 1.97. The summed E-state index contributed by atoms with van der Waals surface area (Å²) in [6, 6.07) is 4.08. The Bertz CT molecular complexity index is 448. The van der Waals surface area contributed by atoms with Gasteiger partial charge in [-0.1, -0.05) is 0 Å². The number of hydrogen-bond donors (Lipinski definition) is 1. The third-order valence-corrected chi connectivity index (χ3v) is 3.33. The fourth-order valence-corrected chi connectivity index (χ4v) is 2.53. The van der Waals surface area contributed by atoms with Gasteiger partial charge < -0.3 is 5.11 Å². The minimum absolute atomic E-state index is 0.329. The Morgan fingerprint density at radius 3 is 2.88 bits per heavy atom. The van der Waals surface area contributed by atoms with Crippen LogP contribution in [0.4, 0.5) is 0 Å². The molecule has 1 atom stereocenters. The average molecular weight is 236 g/mol. The van der Waals surface area contributed by atoms with Crippen molar-refractivity contribution in [2.75, 3.05) is 0 Å². The maximum atomic E-state index is 9.97. The van der Waals surface area contributed by atoms with E-state index < -0.39 is 0 Å². The molecule has 1 unspecified atom stereocenters. The Labute approximate surface area is 99.4 Å². The lowest BCUT2D eigenvalue weighted by Crippen LogP contribution is -2.15. The highest BCUT2D eigenvalue weighted by Crippen LogP contribution is 2.12. The largest absolute Gasteiger partial charge is 0.392 e. The molecule has 0 aromatic carbocycles. The lowest BCUT2D eigenvalue weighted by atomic mass is 10.1. The highest BCUT2D eigenvalue weighted by molar-refractivity contribution is 7.07. The first-order valence-electron chi connectivity index (χ1n) is 5.34. The van der Waals surface area contributed by atoms with Crippen LogP contribution in [0.15, 0.2) is 22.9 Å². The van der Waals surface area contributed by atoms with Gasteiger partial charge in [-0.3, -0.25) is 4.68 Å². The number of nitrogens with zero attached hydrogens (tertiary/aromatic N) is 2. The fraction of sp³-hybridized carbons (Fsp3) is 0.417. The molecule has 2 aromatic heterocycles. The molecule has 0 radical (unpaired) electrons. The molecular weight excluding hydrogens is 220 g/mol. The van der Waals surface area contributed by atoms with E-state index in [-0.39, 0.29) is 6.10 Å². The molecule has 2 heterocycles. The predicted molar refractivity (Wildman–Crippen MR) is 65.7 cm³/mol. The van der Waals surface area contributed by atoms with E-state index in [0.717, 1.165) is 11.4 Å². The molecule has 3 nitrogen and oxygen atoms in total. The maximum Gasteiger partial charge on any atom is 0.0636 e. The van der Waals surface area contributed by atoms with Gasteiger partial charge in [0, 0.05) is 19.2 Å². The molecule has 0 amide bonds. The van der Waals surface area contributed by atoms with Gasteiger partial charge in [-0.2, -0.15) is 16.4 Å². The van der Waals surface area contributed by atoms with E-state index in [0.29, 0.717) is 12.8 Å². The summed E-state index contributed by atoms with van der Waals surface area (Å²) in [5.41, 5.74) is 3.29. The molecule has 16 heavy (non-hydrogen) atoms. The van der Waals surface area contributed by atoms with E-state index >= 15 is 0 Å². The molecule has 86 valence electrons. The quantitative estimate of drug-likeness (QED) is 0.881. The van der Waals surface area contributed by atoms with Crippen LogP contribution in [-0.2, 0) is 19.9 Å². The molecule has 0 fully saturated rings. The second kappa shape index (κ2) is 4.80. The second-order valence-corrected chi connectivity index (χ2v) is 4.87. The van der Waals surface area contributed by atoms with Crippen molar-refractivity contribution < 1.29 is 5.11 Å². The summed E-state index contributed by atoms with van der Waals surface area (Å²) in [6.07, 6.45) is 1.05. The third-order valence-electron chi connectivity index (χ3n) is 2.60. The van der Waals surface area contributed by atoms with Crippen LogP contribution in [0.3, 0.4) is 0 Å². The van der Waals surface area contributed by atoms with Crippen LogP contribution < -0.4 is 0 Å². The summed E-state index contributed by atoms with van der Waals surface area (Å²) in [7, 11) is 1.92. The lowest BCUT2D eigenvalue weighted by molar-refractivity contribution is 0.173. The van der Waals surface area contributed by atoms with Crippen molar-refractivity contribution in [2.24, 2.45) is 7.05 Å². The smallest absolute Gasteiger partial charge is 0.0636 e. The Morgan fingerprint density at radius 1 is 1.50 bits per heavy atom. The molecule has 0 saturated carbocycles. The van der Waals surface area contributed by atoms with Gasteiger partial charge in [0.05, 0.1) is 11.8 Å². The molecule has 0 aliphatic heterocycles. The van der Waals surface area contributed by atoms with E-state index in [4.69, 9.17) is 0 Å². The van der Waals surface area contributed by atoms with Crippen molar-refractivity contribution in [3.63, 3.8) is 0 Å². The van der Waals surface area contributed by atoms with Gasteiger partial charge in [-0.25, -0.2) is 0 Å². The van der Waals surface area contributed by atoms with Gasteiger partial charge in [0.2, 0.25) is 0 Å². The van der Waals surface area contributed by atoms with Crippen LogP contribution in [-0.4, -0.2) is 21.0 Å². The van der Waals surface area contributed by atoms with Crippen LogP contribution in [0, 0.1) is 6.92 Å². The first-order chi connectivity index (χ1) is 7.65. The van der Waals surface area contributed by atoms with Crippen LogP contribution in [0.5, 0.6) is 0 Å². The van der Waals surface area contributed by atoms with Crippen molar-refractivity contribution in [1.29, 1.82) is 0 Å². The molecule has 0 saturated heterocycles. The molecule has 0 aliphatic carbocycles. The molecule has 2 aromatic rings. The van der Waals surface area contributed by atoms with E-state index in [9.17, 15) is 5.11 Å². The first kappa shape index (κ1) is 11.4. The number of hydrogen-bond acceptors (Lipinski definition) is 3. The third kappa shape index (κ3) is 2.71. The van der Waals surface area contributed by atoms with E-state index in [1.165, 1.54) is 5.56 Å². The first-order valence-corrected chi connectivity index (χ1v) is 6.28. The van der Waals surface area contributed by atoms with Gasteiger partial charge in [0.25, 0.3) is 0 Å².